The van der Waals surface area contributed by atoms with Gasteiger partial charge in [-0.05, 0) is 31.6 Å². The summed E-state index contributed by atoms with van der Waals surface area (Å²) in [5, 5.41) is 4.46. The third-order valence-electron chi connectivity index (χ3n) is 3.41. The quantitative estimate of drug-likeness (QED) is 0.917. The number of aromatic nitrogens is 2. The highest BCUT2D eigenvalue weighted by Crippen LogP contribution is 2.37. The summed E-state index contributed by atoms with van der Waals surface area (Å²) in [5.74, 6) is 2.01. The lowest BCUT2D eigenvalue weighted by molar-refractivity contribution is 0.632. The number of anilines is 1. The third-order valence-corrected chi connectivity index (χ3v) is 4.95. The first kappa shape index (κ1) is 11.8. The monoisotopic (exact) mass is 259 g/mol. The van der Waals surface area contributed by atoms with Gasteiger partial charge in [-0.1, -0.05) is 18.2 Å². The normalized spacial score (nSPS) is 23.4. The SMILES string of the molecule is CC1(CNc2ncc3ccccc3n2)CCCS1. The molecule has 4 heteroatoms. The van der Waals surface area contributed by atoms with Crippen molar-refractivity contribution in [2.75, 3.05) is 17.6 Å². The van der Waals surface area contributed by atoms with E-state index < -0.39 is 0 Å². The minimum absolute atomic E-state index is 0.342. The van der Waals surface area contributed by atoms with Crippen LogP contribution in [0.15, 0.2) is 30.5 Å². The highest BCUT2D eigenvalue weighted by atomic mass is 32.2. The molecule has 1 aromatic carbocycles. The maximum atomic E-state index is 4.54. The number of nitrogens with one attached hydrogen (secondary N) is 1. The summed E-state index contributed by atoms with van der Waals surface area (Å²) in [7, 11) is 0. The van der Waals surface area contributed by atoms with Crippen molar-refractivity contribution in [2.24, 2.45) is 0 Å². The van der Waals surface area contributed by atoms with Gasteiger partial charge in [0.15, 0.2) is 0 Å². The molecule has 0 spiro atoms. The van der Waals surface area contributed by atoms with Crippen molar-refractivity contribution >= 4 is 28.6 Å². The van der Waals surface area contributed by atoms with E-state index in [9.17, 15) is 0 Å². The minimum Gasteiger partial charge on any atom is -0.353 e. The average Bonchev–Trinajstić information content (AvgIpc) is 2.84. The lowest BCUT2D eigenvalue weighted by atomic mass is 10.1. The van der Waals surface area contributed by atoms with Gasteiger partial charge in [-0.25, -0.2) is 9.97 Å². The zero-order valence-corrected chi connectivity index (χ0v) is 11.3. The Morgan fingerprint density at radius 1 is 1.39 bits per heavy atom. The zero-order valence-electron chi connectivity index (χ0n) is 10.5. The Morgan fingerprint density at radius 3 is 3.11 bits per heavy atom. The van der Waals surface area contributed by atoms with Crippen LogP contribution in [0.5, 0.6) is 0 Å². The van der Waals surface area contributed by atoms with Crippen LogP contribution in [-0.2, 0) is 0 Å². The predicted molar refractivity (Wildman–Crippen MR) is 78.1 cm³/mol. The zero-order chi connectivity index (χ0) is 12.4. The molecule has 94 valence electrons. The maximum absolute atomic E-state index is 4.54. The number of rotatable bonds is 3. The number of para-hydroxylation sites is 1. The van der Waals surface area contributed by atoms with Crippen LogP contribution in [0, 0.1) is 0 Å². The fourth-order valence-corrected chi connectivity index (χ4v) is 3.54. The van der Waals surface area contributed by atoms with Crippen molar-refractivity contribution in [1.29, 1.82) is 0 Å². The van der Waals surface area contributed by atoms with Crippen LogP contribution >= 0.6 is 11.8 Å². The Hall–Kier alpha value is -1.29. The first-order valence-corrected chi connectivity index (χ1v) is 7.33. The average molecular weight is 259 g/mol. The first-order chi connectivity index (χ1) is 8.75. The maximum Gasteiger partial charge on any atom is 0.223 e. The van der Waals surface area contributed by atoms with E-state index >= 15 is 0 Å². The lowest BCUT2D eigenvalue weighted by Crippen LogP contribution is -2.27. The number of hydrogen-bond donors (Lipinski definition) is 1. The lowest BCUT2D eigenvalue weighted by Gasteiger charge is -2.22. The van der Waals surface area contributed by atoms with Gasteiger partial charge in [0, 0.05) is 22.9 Å². The van der Waals surface area contributed by atoms with Crippen LogP contribution in [0.1, 0.15) is 19.8 Å². The molecule has 1 fully saturated rings. The Morgan fingerprint density at radius 2 is 2.28 bits per heavy atom. The second-order valence-corrected chi connectivity index (χ2v) is 6.69. The molecule has 1 saturated heterocycles. The van der Waals surface area contributed by atoms with Crippen LogP contribution in [0.25, 0.3) is 10.9 Å². The molecule has 0 saturated carbocycles. The Bertz CT molecular complexity index is 549. The second-order valence-electron chi connectivity index (χ2n) is 5.01. The standard InChI is InChI=1S/C14H17N3S/c1-14(7-4-8-18-14)10-16-13-15-9-11-5-2-3-6-12(11)17-13/h2-3,5-6,9H,4,7-8,10H2,1H3,(H,15,16,17). The molecule has 18 heavy (non-hydrogen) atoms. The van der Waals surface area contributed by atoms with Crippen LogP contribution in [0.3, 0.4) is 0 Å². The van der Waals surface area contributed by atoms with Gasteiger partial charge in [0.1, 0.15) is 0 Å². The number of hydrogen-bond acceptors (Lipinski definition) is 4. The van der Waals surface area contributed by atoms with Crippen molar-refractivity contribution in [3.8, 4) is 0 Å². The second kappa shape index (κ2) is 4.76. The topological polar surface area (TPSA) is 37.8 Å². The third kappa shape index (κ3) is 2.43. The molecule has 3 nitrogen and oxygen atoms in total. The number of nitrogens with zero attached hydrogens (tertiary/aromatic N) is 2. The molecular weight excluding hydrogens is 242 g/mol. The Kier molecular flexibility index (Phi) is 3.12. The molecule has 1 aliphatic rings. The van der Waals surface area contributed by atoms with Crippen LogP contribution in [-0.4, -0.2) is 27.0 Å². The first-order valence-electron chi connectivity index (χ1n) is 6.35. The van der Waals surface area contributed by atoms with E-state index in [1.54, 1.807) is 0 Å². The predicted octanol–water partition coefficient (Wildman–Crippen LogP) is 3.33. The summed E-state index contributed by atoms with van der Waals surface area (Å²) in [4.78, 5) is 8.90. The van der Waals surface area contributed by atoms with Gasteiger partial charge in [-0.15, -0.1) is 0 Å². The molecule has 0 aliphatic carbocycles. The van der Waals surface area contributed by atoms with E-state index in [1.165, 1.54) is 18.6 Å². The molecule has 0 radical (unpaired) electrons. The number of fused-ring (bicyclic) bond motifs is 1. The molecule has 3 rings (SSSR count). The van der Waals surface area contributed by atoms with Gasteiger partial charge < -0.3 is 5.32 Å². The summed E-state index contributed by atoms with van der Waals surface area (Å²) >= 11 is 2.05. The van der Waals surface area contributed by atoms with E-state index in [0.717, 1.165) is 23.4 Å². The summed E-state index contributed by atoms with van der Waals surface area (Å²) < 4.78 is 0.342. The van der Waals surface area contributed by atoms with Crippen molar-refractivity contribution in [2.45, 2.75) is 24.5 Å². The summed E-state index contributed by atoms with van der Waals surface area (Å²) in [5.41, 5.74) is 0.999. The van der Waals surface area contributed by atoms with Gasteiger partial charge in [0.2, 0.25) is 5.95 Å². The summed E-state index contributed by atoms with van der Waals surface area (Å²) in [6.45, 7) is 3.26. The molecule has 2 aromatic rings. The highest BCUT2D eigenvalue weighted by Gasteiger charge is 2.29. The van der Waals surface area contributed by atoms with Crippen molar-refractivity contribution in [3.63, 3.8) is 0 Å². The summed E-state index contributed by atoms with van der Waals surface area (Å²) in [6, 6.07) is 8.07. The van der Waals surface area contributed by atoms with Crippen LogP contribution in [0.4, 0.5) is 5.95 Å². The molecule has 1 unspecified atom stereocenters. The summed E-state index contributed by atoms with van der Waals surface area (Å²) in [6.07, 6.45) is 4.48. The highest BCUT2D eigenvalue weighted by molar-refractivity contribution is 8.00. The molecule has 2 heterocycles. The minimum atomic E-state index is 0.342. The smallest absolute Gasteiger partial charge is 0.223 e. The van der Waals surface area contributed by atoms with Crippen molar-refractivity contribution in [1.82, 2.24) is 9.97 Å². The van der Waals surface area contributed by atoms with Crippen molar-refractivity contribution in [3.05, 3.63) is 30.5 Å². The molecule has 1 aromatic heterocycles. The largest absolute Gasteiger partial charge is 0.353 e. The van der Waals surface area contributed by atoms with E-state index in [1.807, 2.05) is 42.2 Å². The van der Waals surface area contributed by atoms with E-state index in [0.29, 0.717) is 4.75 Å². The molecular formula is C14H17N3S. The van der Waals surface area contributed by atoms with Crippen molar-refractivity contribution < 1.29 is 0 Å². The van der Waals surface area contributed by atoms with Gasteiger partial charge in [0.25, 0.3) is 0 Å². The van der Waals surface area contributed by atoms with Crippen LogP contribution < -0.4 is 5.32 Å². The van der Waals surface area contributed by atoms with Gasteiger partial charge in [-0.2, -0.15) is 11.8 Å². The fraction of sp³-hybridized carbons (Fsp3) is 0.429. The number of thioether (sulfide) groups is 1. The van der Waals surface area contributed by atoms with E-state index in [4.69, 9.17) is 0 Å². The van der Waals surface area contributed by atoms with E-state index in [2.05, 4.69) is 22.2 Å². The van der Waals surface area contributed by atoms with Crippen LogP contribution in [0.2, 0.25) is 0 Å². The molecule has 1 N–H and O–H groups in total. The molecule has 1 atom stereocenters. The Labute approximate surface area is 111 Å². The number of benzene rings is 1. The fourth-order valence-electron chi connectivity index (χ4n) is 2.30. The van der Waals surface area contributed by atoms with Gasteiger partial charge in [-0.3, -0.25) is 0 Å². The Balaban J connectivity index is 1.74. The molecule has 0 bridgehead atoms. The molecule has 0 amide bonds. The van der Waals surface area contributed by atoms with E-state index in [-0.39, 0.29) is 0 Å². The van der Waals surface area contributed by atoms with Gasteiger partial charge >= 0.3 is 0 Å². The van der Waals surface area contributed by atoms with Gasteiger partial charge in [0.05, 0.1) is 5.52 Å². The molecule has 1 aliphatic heterocycles.